The van der Waals surface area contributed by atoms with E-state index in [2.05, 4.69) is 0 Å². The molecule has 0 rings (SSSR count). The summed E-state index contributed by atoms with van der Waals surface area (Å²) in [6.45, 7) is 0. The van der Waals surface area contributed by atoms with Crippen molar-refractivity contribution in [2.45, 2.75) is 75.2 Å². The lowest BCUT2D eigenvalue weighted by molar-refractivity contribution is -0.135. The summed E-state index contributed by atoms with van der Waals surface area (Å²) in [7, 11) is -1.61. The minimum absolute atomic E-state index is 0.0971. The van der Waals surface area contributed by atoms with Crippen molar-refractivity contribution in [1.29, 1.82) is 0 Å². The molecule has 22 heavy (non-hydrogen) atoms. The van der Waals surface area contributed by atoms with Gasteiger partial charge in [-0.15, -0.1) is 0 Å². The van der Waals surface area contributed by atoms with Gasteiger partial charge in [0, 0.05) is 28.1 Å². The lowest BCUT2D eigenvalue weighted by atomic mass is 10.3. The molecule has 0 bridgehead atoms. The summed E-state index contributed by atoms with van der Waals surface area (Å²) in [5.41, 5.74) is 0. The molecule has 0 unspecified atom stereocenters. The average molecular weight is 361 g/mol. The molecule has 0 spiro atoms. The Hall–Kier alpha value is -0.413. The van der Waals surface area contributed by atoms with E-state index in [-0.39, 0.29) is 37.4 Å². The maximum Gasteiger partial charge on any atom is 0.389 e. The highest BCUT2D eigenvalue weighted by molar-refractivity contribution is 6.58. The van der Waals surface area contributed by atoms with Crippen LogP contribution >= 0.6 is 0 Å². The zero-order chi connectivity index (χ0) is 17.4. The van der Waals surface area contributed by atoms with Crippen LogP contribution in [0, 0.1) is 0 Å². The summed E-state index contributed by atoms with van der Waals surface area (Å²) in [4.78, 5) is 0. The van der Waals surface area contributed by atoms with Crippen molar-refractivity contribution in [3.63, 3.8) is 0 Å². The Morgan fingerprint density at radius 2 is 0.682 bits per heavy atom. The van der Waals surface area contributed by atoms with Crippen molar-refractivity contribution in [2.24, 2.45) is 0 Å². The van der Waals surface area contributed by atoms with Crippen molar-refractivity contribution in [1.82, 2.24) is 0 Å². The molecule has 0 heterocycles. The van der Waals surface area contributed by atoms with Gasteiger partial charge in [0.2, 0.25) is 0 Å². The molecule has 10 heteroatoms. The van der Waals surface area contributed by atoms with Gasteiger partial charge in [-0.3, -0.25) is 0 Å². The van der Waals surface area contributed by atoms with Crippen LogP contribution in [0.3, 0.4) is 0 Å². The summed E-state index contributed by atoms with van der Waals surface area (Å²) in [6, 6.07) is 0.291. The molecule has 0 atom stereocenters. The molecule has 0 aromatic carbocycles. The molecule has 0 fully saturated rings. The van der Waals surface area contributed by atoms with Crippen LogP contribution in [0.2, 0.25) is 18.1 Å². The van der Waals surface area contributed by atoms with E-state index in [4.69, 9.17) is 0 Å². The van der Waals surface area contributed by atoms with Crippen LogP contribution in [0.5, 0.6) is 0 Å². The maximum absolute atomic E-state index is 12.0. The minimum atomic E-state index is -4.34. The first-order valence-electron chi connectivity index (χ1n) is 6.82. The summed E-state index contributed by atoms with van der Waals surface area (Å²) >= 11 is 0. The first kappa shape index (κ1) is 21.6. The normalized spacial score (nSPS) is 13.9. The third kappa shape index (κ3) is 16.0. The minimum Gasteiger partial charge on any atom is -0.171 e. The van der Waals surface area contributed by atoms with Crippen molar-refractivity contribution in [3.05, 3.63) is 0 Å². The van der Waals surface area contributed by atoms with E-state index in [1.165, 1.54) is 0 Å². The quantitative estimate of drug-likeness (QED) is 0.324. The Kier molecular flexibility index (Phi) is 8.85. The second kappa shape index (κ2) is 9.02. The maximum atomic E-state index is 12.0. The Balaban J connectivity index is 4.19. The summed E-state index contributed by atoms with van der Waals surface area (Å²) < 4.78 is 108. The number of rotatable bonds is 9. The number of alkyl halides is 9. The van der Waals surface area contributed by atoms with Gasteiger partial charge in [-0.2, -0.15) is 39.5 Å². The average Bonchev–Trinajstić information content (AvgIpc) is 2.23. The molecule has 1 radical (unpaired) electrons. The second-order valence-electron chi connectivity index (χ2n) is 5.16. The third-order valence-electron chi connectivity index (χ3n) is 2.97. The third-order valence-corrected chi connectivity index (χ3v) is 6.15. The Labute approximate surface area is 124 Å². The van der Waals surface area contributed by atoms with Crippen molar-refractivity contribution < 1.29 is 39.5 Å². The van der Waals surface area contributed by atoms with Crippen LogP contribution in [0.4, 0.5) is 39.5 Å². The van der Waals surface area contributed by atoms with E-state index in [9.17, 15) is 39.5 Å². The molecule has 0 saturated heterocycles. The van der Waals surface area contributed by atoms with Gasteiger partial charge >= 0.3 is 18.5 Å². The van der Waals surface area contributed by atoms with Crippen molar-refractivity contribution in [2.75, 3.05) is 0 Å². The number of hydrogen-bond acceptors (Lipinski definition) is 0. The molecule has 0 aromatic heterocycles. The van der Waals surface area contributed by atoms with Gasteiger partial charge in [-0.05, 0) is 19.3 Å². The monoisotopic (exact) mass is 361 g/mol. The van der Waals surface area contributed by atoms with E-state index in [0.717, 1.165) is 0 Å². The smallest absolute Gasteiger partial charge is 0.171 e. The molecule has 0 aliphatic carbocycles. The zero-order valence-electron chi connectivity index (χ0n) is 11.8. The Morgan fingerprint density at radius 3 is 0.864 bits per heavy atom. The lowest BCUT2D eigenvalue weighted by Gasteiger charge is -2.17. The predicted octanol–water partition coefficient (Wildman–Crippen LogP) is 6.51. The van der Waals surface area contributed by atoms with E-state index >= 15 is 0 Å². The van der Waals surface area contributed by atoms with Gasteiger partial charge in [0.1, 0.15) is 0 Å². The first-order chi connectivity index (χ1) is 9.79. The molecule has 133 valence electrons. The lowest BCUT2D eigenvalue weighted by Crippen LogP contribution is -2.17. The largest absolute Gasteiger partial charge is 0.389 e. The van der Waals surface area contributed by atoms with Gasteiger partial charge in [0.25, 0.3) is 0 Å². The molecule has 0 aliphatic rings. The van der Waals surface area contributed by atoms with Gasteiger partial charge in [-0.1, -0.05) is 18.1 Å². The second-order valence-corrected chi connectivity index (χ2v) is 8.16. The molecular weight excluding hydrogens is 343 g/mol. The fourth-order valence-electron chi connectivity index (χ4n) is 1.99. The molecule has 0 N–H and O–H groups in total. The molecule has 0 aliphatic heterocycles. The van der Waals surface area contributed by atoms with Crippen LogP contribution < -0.4 is 0 Å². The van der Waals surface area contributed by atoms with Crippen LogP contribution in [-0.2, 0) is 0 Å². The fraction of sp³-hybridized carbons (Fsp3) is 1.00. The highest BCUT2D eigenvalue weighted by Gasteiger charge is 2.30. The zero-order valence-corrected chi connectivity index (χ0v) is 12.8. The highest BCUT2D eigenvalue weighted by Crippen LogP contribution is 2.29. The number of hydrogen-bond donors (Lipinski definition) is 0. The molecule has 0 saturated carbocycles. The van der Waals surface area contributed by atoms with Gasteiger partial charge in [0.15, 0.2) is 0 Å². The Bertz CT molecular complexity index is 245. The van der Waals surface area contributed by atoms with Gasteiger partial charge < -0.3 is 0 Å². The number of halogens is 9. The standard InChI is InChI=1S/C12H18F9Si/c13-10(14,15)4-1-7-22(8-2-5-11(16,17)18)9-3-6-12(19,20)21/h1-9H2. The first-order valence-corrected chi connectivity index (χ1v) is 8.94. The van der Waals surface area contributed by atoms with E-state index < -0.39 is 46.6 Å². The van der Waals surface area contributed by atoms with Crippen molar-refractivity contribution >= 4 is 8.80 Å². The van der Waals surface area contributed by atoms with Crippen LogP contribution in [0.25, 0.3) is 0 Å². The Morgan fingerprint density at radius 1 is 0.455 bits per heavy atom. The van der Waals surface area contributed by atoms with Crippen LogP contribution in [0.1, 0.15) is 38.5 Å². The summed E-state index contributed by atoms with van der Waals surface area (Å²) in [5, 5.41) is 0. The van der Waals surface area contributed by atoms with Crippen LogP contribution in [-0.4, -0.2) is 27.3 Å². The molecule has 0 nitrogen and oxygen atoms in total. The fourth-order valence-corrected chi connectivity index (χ4v) is 4.77. The van der Waals surface area contributed by atoms with Gasteiger partial charge in [-0.25, -0.2) is 0 Å². The topological polar surface area (TPSA) is 0 Å². The SMILES string of the molecule is FC(F)(F)CCC[Si](CCCC(F)(F)F)CCCC(F)(F)F. The highest BCUT2D eigenvalue weighted by atomic mass is 28.3. The molecule has 0 aromatic rings. The predicted molar refractivity (Wildman–Crippen MR) is 66.0 cm³/mol. The molecule has 0 amide bonds. The molecular formula is C12H18F9Si. The van der Waals surface area contributed by atoms with E-state index in [1.807, 2.05) is 0 Å². The van der Waals surface area contributed by atoms with E-state index in [0.29, 0.717) is 0 Å². The van der Waals surface area contributed by atoms with Crippen molar-refractivity contribution in [3.8, 4) is 0 Å². The van der Waals surface area contributed by atoms with E-state index in [1.54, 1.807) is 0 Å². The summed E-state index contributed by atoms with van der Waals surface area (Å²) in [5.74, 6) is 0. The van der Waals surface area contributed by atoms with Crippen LogP contribution in [0.15, 0.2) is 0 Å². The van der Waals surface area contributed by atoms with Gasteiger partial charge in [0.05, 0.1) is 0 Å². The summed E-state index contributed by atoms with van der Waals surface area (Å²) in [6.07, 6.45) is -16.8.